The summed E-state index contributed by atoms with van der Waals surface area (Å²) in [6.45, 7) is 1.50. The lowest BCUT2D eigenvalue weighted by molar-refractivity contribution is -0.120. The minimum atomic E-state index is -0.126. The Morgan fingerprint density at radius 2 is 1.83 bits per heavy atom. The fourth-order valence-electron chi connectivity index (χ4n) is 3.57. The lowest BCUT2D eigenvalue weighted by Gasteiger charge is -2.33. The van der Waals surface area contributed by atoms with Crippen molar-refractivity contribution in [3.05, 3.63) is 42.9 Å². The Morgan fingerprint density at radius 1 is 1.07 bits per heavy atom. The average molecular weight is 393 g/mol. The van der Waals surface area contributed by atoms with E-state index < -0.39 is 0 Å². The van der Waals surface area contributed by atoms with Gasteiger partial charge in [-0.05, 0) is 18.9 Å². The van der Waals surface area contributed by atoms with Gasteiger partial charge in [0.15, 0.2) is 5.65 Å². The molecule has 8 nitrogen and oxygen atoms in total. The van der Waals surface area contributed by atoms with Crippen LogP contribution >= 0.6 is 0 Å². The highest BCUT2D eigenvalue weighted by Crippen LogP contribution is 2.28. The van der Waals surface area contributed by atoms with Crippen LogP contribution in [-0.2, 0) is 4.79 Å². The van der Waals surface area contributed by atoms with Gasteiger partial charge in [-0.3, -0.25) is 9.78 Å². The van der Waals surface area contributed by atoms with Crippen LogP contribution in [0.15, 0.2) is 42.9 Å². The van der Waals surface area contributed by atoms with E-state index in [0.29, 0.717) is 29.4 Å². The molecule has 29 heavy (non-hydrogen) atoms. The summed E-state index contributed by atoms with van der Waals surface area (Å²) in [6.07, 6.45) is 6.85. The molecule has 0 radical (unpaired) electrons. The molecule has 1 saturated heterocycles. The summed E-state index contributed by atoms with van der Waals surface area (Å²) < 4.78 is 10.6. The molecule has 0 spiro atoms. The number of piperidine rings is 1. The number of anilines is 2. The first kappa shape index (κ1) is 18.9. The number of ether oxygens (including phenoxy) is 2. The Morgan fingerprint density at radius 3 is 2.59 bits per heavy atom. The molecule has 0 bridgehead atoms. The van der Waals surface area contributed by atoms with Crippen LogP contribution in [0.2, 0.25) is 0 Å². The van der Waals surface area contributed by atoms with Gasteiger partial charge in [0.25, 0.3) is 0 Å². The third-order valence-corrected chi connectivity index (χ3v) is 5.09. The lowest BCUT2D eigenvalue weighted by Crippen LogP contribution is -2.40. The highest BCUT2D eigenvalue weighted by molar-refractivity contribution is 5.93. The number of hydrogen-bond donors (Lipinski definition) is 1. The summed E-state index contributed by atoms with van der Waals surface area (Å²) in [5, 5.41) is 3.00. The van der Waals surface area contributed by atoms with Crippen molar-refractivity contribution in [3.63, 3.8) is 0 Å². The summed E-state index contributed by atoms with van der Waals surface area (Å²) in [7, 11) is 3.17. The number of amides is 1. The number of carbonyl (C=O) groups is 1. The summed E-state index contributed by atoms with van der Waals surface area (Å²) in [5.74, 6) is 1.12. The minimum absolute atomic E-state index is 0.0152. The lowest BCUT2D eigenvalue weighted by atomic mass is 9.96. The monoisotopic (exact) mass is 393 g/mol. The number of carbonyl (C=O) groups excluding carboxylic acids is 1. The second-order valence-electron chi connectivity index (χ2n) is 6.97. The summed E-state index contributed by atoms with van der Waals surface area (Å²) >= 11 is 0. The zero-order valence-electron chi connectivity index (χ0n) is 16.5. The van der Waals surface area contributed by atoms with Gasteiger partial charge in [-0.2, -0.15) is 0 Å². The number of methoxy groups -OCH3 is 2. The minimum Gasteiger partial charge on any atom is -0.497 e. The van der Waals surface area contributed by atoms with Gasteiger partial charge in [-0.25, -0.2) is 9.97 Å². The molecule has 1 amide bonds. The molecule has 1 aliphatic rings. The van der Waals surface area contributed by atoms with E-state index in [1.807, 2.05) is 6.07 Å². The van der Waals surface area contributed by atoms with Crippen molar-refractivity contribution >= 4 is 28.4 Å². The standard InChI is InChI=1S/C21H23N5O3/c1-28-17-8-15(9-18(11-17)29-2)25-21(27)14-4-3-7-26(13-14)16-10-19-20(24-12-16)23-6-5-22-19/h5-6,8-12,14H,3-4,7,13H2,1-2H3,(H,25,27)/t14-/m1/s1. The highest BCUT2D eigenvalue weighted by atomic mass is 16.5. The van der Waals surface area contributed by atoms with Crippen molar-refractivity contribution in [1.29, 1.82) is 0 Å². The van der Waals surface area contributed by atoms with Gasteiger partial charge in [-0.1, -0.05) is 0 Å². The van der Waals surface area contributed by atoms with E-state index in [0.717, 1.165) is 30.6 Å². The maximum atomic E-state index is 12.9. The third kappa shape index (κ3) is 4.21. The SMILES string of the molecule is COc1cc(NC(=O)[C@@H]2CCCN(c3cnc4nccnc4c3)C2)cc(OC)c1. The van der Waals surface area contributed by atoms with E-state index in [9.17, 15) is 4.79 Å². The van der Waals surface area contributed by atoms with Crippen LogP contribution in [-0.4, -0.2) is 48.2 Å². The topological polar surface area (TPSA) is 89.5 Å². The van der Waals surface area contributed by atoms with Crippen LogP contribution < -0.4 is 19.7 Å². The zero-order valence-corrected chi connectivity index (χ0v) is 16.5. The van der Waals surface area contributed by atoms with Crippen molar-refractivity contribution in [1.82, 2.24) is 15.0 Å². The summed E-state index contributed by atoms with van der Waals surface area (Å²) in [5.41, 5.74) is 2.99. The van der Waals surface area contributed by atoms with Gasteiger partial charge in [0.05, 0.1) is 32.0 Å². The molecule has 1 N–H and O–H groups in total. The molecular formula is C21H23N5O3. The van der Waals surface area contributed by atoms with Gasteiger partial charge in [0.1, 0.15) is 17.0 Å². The van der Waals surface area contributed by atoms with Gasteiger partial charge in [-0.15, -0.1) is 0 Å². The van der Waals surface area contributed by atoms with E-state index >= 15 is 0 Å². The van der Waals surface area contributed by atoms with Gasteiger partial charge < -0.3 is 19.7 Å². The molecule has 3 heterocycles. The van der Waals surface area contributed by atoms with Crippen molar-refractivity contribution in [2.24, 2.45) is 5.92 Å². The Labute approximate surface area is 168 Å². The maximum absolute atomic E-state index is 12.9. The van der Waals surface area contributed by atoms with Crippen LogP contribution in [0.1, 0.15) is 12.8 Å². The van der Waals surface area contributed by atoms with Crippen molar-refractivity contribution < 1.29 is 14.3 Å². The van der Waals surface area contributed by atoms with Crippen LogP contribution in [0.3, 0.4) is 0 Å². The number of pyridine rings is 1. The molecule has 1 aliphatic heterocycles. The zero-order chi connectivity index (χ0) is 20.2. The first-order valence-corrected chi connectivity index (χ1v) is 9.52. The number of hydrogen-bond acceptors (Lipinski definition) is 7. The summed E-state index contributed by atoms with van der Waals surface area (Å²) in [6, 6.07) is 7.32. The van der Waals surface area contributed by atoms with E-state index in [-0.39, 0.29) is 11.8 Å². The second kappa shape index (κ2) is 8.30. The quantitative estimate of drug-likeness (QED) is 0.713. The molecule has 150 valence electrons. The Bertz CT molecular complexity index is 1000. The number of nitrogens with zero attached hydrogens (tertiary/aromatic N) is 4. The molecule has 0 unspecified atom stereocenters. The molecule has 0 saturated carbocycles. The van der Waals surface area contributed by atoms with Crippen LogP contribution in [0.4, 0.5) is 11.4 Å². The normalized spacial score (nSPS) is 16.5. The van der Waals surface area contributed by atoms with E-state index in [1.54, 1.807) is 51.0 Å². The largest absolute Gasteiger partial charge is 0.497 e. The van der Waals surface area contributed by atoms with Crippen LogP contribution in [0, 0.1) is 5.92 Å². The van der Waals surface area contributed by atoms with Crippen molar-refractivity contribution in [2.75, 3.05) is 37.5 Å². The fraction of sp³-hybridized carbons (Fsp3) is 0.333. The van der Waals surface area contributed by atoms with Gasteiger partial charge in [0.2, 0.25) is 5.91 Å². The fourth-order valence-corrected chi connectivity index (χ4v) is 3.57. The van der Waals surface area contributed by atoms with Gasteiger partial charge >= 0.3 is 0 Å². The smallest absolute Gasteiger partial charge is 0.229 e. The first-order valence-electron chi connectivity index (χ1n) is 9.52. The van der Waals surface area contributed by atoms with E-state index in [2.05, 4.69) is 25.2 Å². The number of aromatic nitrogens is 3. The maximum Gasteiger partial charge on any atom is 0.229 e. The average Bonchev–Trinajstić information content (AvgIpc) is 2.78. The Kier molecular flexibility index (Phi) is 5.41. The van der Waals surface area contributed by atoms with Crippen molar-refractivity contribution in [2.45, 2.75) is 12.8 Å². The van der Waals surface area contributed by atoms with Crippen molar-refractivity contribution in [3.8, 4) is 11.5 Å². The van der Waals surface area contributed by atoms with Crippen LogP contribution in [0.5, 0.6) is 11.5 Å². The number of rotatable bonds is 5. The molecule has 2 aromatic heterocycles. The predicted octanol–water partition coefficient (Wildman–Crippen LogP) is 2.90. The first-order chi connectivity index (χ1) is 14.2. The number of fused-ring (bicyclic) bond motifs is 1. The highest BCUT2D eigenvalue weighted by Gasteiger charge is 2.26. The molecule has 4 rings (SSSR count). The molecular weight excluding hydrogens is 370 g/mol. The predicted molar refractivity (Wildman–Crippen MR) is 110 cm³/mol. The Hall–Kier alpha value is -3.42. The summed E-state index contributed by atoms with van der Waals surface area (Å²) in [4.78, 5) is 28.0. The molecule has 1 fully saturated rings. The molecule has 1 aromatic carbocycles. The van der Waals surface area contributed by atoms with E-state index in [4.69, 9.17) is 9.47 Å². The molecule has 3 aromatic rings. The molecule has 1 atom stereocenters. The number of nitrogens with one attached hydrogen (secondary N) is 1. The number of benzene rings is 1. The molecule has 0 aliphatic carbocycles. The Balaban J connectivity index is 1.48. The second-order valence-corrected chi connectivity index (χ2v) is 6.97. The molecule has 8 heteroatoms. The van der Waals surface area contributed by atoms with Crippen LogP contribution in [0.25, 0.3) is 11.2 Å². The third-order valence-electron chi connectivity index (χ3n) is 5.09. The van der Waals surface area contributed by atoms with E-state index in [1.165, 1.54) is 0 Å². The van der Waals surface area contributed by atoms with Gasteiger partial charge in [0, 0.05) is 49.4 Å².